The number of anilines is 1. The molecule has 3 aromatic rings. The van der Waals surface area contributed by atoms with E-state index in [0.717, 1.165) is 9.13 Å². The average Bonchev–Trinajstić information content (AvgIpc) is 3.26. The van der Waals surface area contributed by atoms with Crippen molar-refractivity contribution in [2.45, 2.75) is 37.5 Å². The van der Waals surface area contributed by atoms with Crippen molar-refractivity contribution >= 4 is 57.1 Å². The van der Waals surface area contributed by atoms with Crippen LogP contribution in [0.3, 0.4) is 0 Å². The van der Waals surface area contributed by atoms with Crippen LogP contribution >= 0.6 is 34.2 Å². The number of nitrogens with zero attached hydrogens (tertiary/aromatic N) is 4. The van der Waals surface area contributed by atoms with E-state index in [1.807, 2.05) is 18.2 Å². The van der Waals surface area contributed by atoms with Gasteiger partial charge in [-0.05, 0) is 34.2 Å². The first kappa shape index (κ1) is 21.2. The third-order valence-electron chi connectivity index (χ3n) is 4.89. The molecular formula is C18H18ClIN6O4. The van der Waals surface area contributed by atoms with Crippen LogP contribution in [0.2, 0.25) is 5.02 Å². The molecule has 1 aliphatic rings. The summed E-state index contributed by atoms with van der Waals surface area (Å²) in [5.41, 5.74) is 7.28. The maximum Gasteiger partial charge on any atom is 0.222 e. The highest BCUT2D eigenvalue weighted by molar-refractivity contribution is 14.1. The van der Waals surface area contributed by atoms with Gasteiger partial charge in [-0.15, -0.1) is 0 Å². The highest BCUT2D eigenvalue weighted by Gasteiger charge is 2.45. The van der Waals surface area contributed by atoms with Gasteiger partial charge in [0.1, 0.15) is 24.1 Å². The number of imidazole rings is 1. The molecule has 10 nitrogen and oxygen atoms in total. The van der Waals surface area contributed by atoms with Gasteiger partial charge in [0, 0.05) is 10.1 Å². The summed E-state index contributed by atoms with van der Waals surface area (Å²) in [7, 11) is 0. The Labute approximate surface area is 189 Å². The Morgan fingerprint density at radius 1 is 1.30 bits per heavy atom. The molecule has 0 radical (unpaired) electrons. The summed E-state index contributed by atoms with van der Waals surface area (Å²) in [6, 6.07) is 5.55. The Morgan fingerprint density at radius 2 is 2.10 bits per heavy atom. The SMILES string of the molecule is Nc1ncnc2c1ncn2C1O[C@H](CC(=O)NCc2cccc(I)c2Cl)[C@@H](O)[C@H]1O. The number of hydrogen-bond acceptors (Lipinski definition) is 8. The third kappa shape index (κ3) is 3.95. The van der Waals surface area contributed by atoms with Gasteiger partial charge in [-0.25, -0.2) is 15.0 Å². The van der Waals surface area contributed by atoms with Crippen LogP contribution in [0.4, 0.5) is 5.82 Å². The molecule has 3 heterocycles. The topological polar surface area (TPSA) is 148 Å². The summed E-state index contributed by atoms with van der Waals surface area (Å²) in [5, 5.41) is 24.2. The fourth-order valence-electron chi connectivity index (χ4n) is 3.32. The number of halogens is 2. The van der Waals surface area contributed by atoms with Gasteiger partial charge in [0.2, 0.25) is 5.91 Å². The Bertz CT molecular complexity index is 1100. The zero-order chi connectivity index (χ0) is 21.4. The van der Waals surface area contributed by atoms with Gasteiger partial charge in [-0.1, -0.05) is 23.7 Å². The van der Waals surface area contributed by atoms with Crippen molar-refractivity contribution in [3.8, 4) is 0 Å². The summed E-state index contributed by atoms with van der Waals surface area (Å²) in [6.45, 7) is 0.242. The molecule has 1 amide bonds. The number of aromatic nitrogens is 4. The number of nitrogen functional groups attached to an aromatic ring is 1. The van der Waals surface area contributed by atoms with Crippen LogP contribution in [-0.4, -0.2) is 54.0 Å². The molecule has 1 aliphatic heterocycles. The number of hydrogen-bond donors (Lipinski definition) is 4. The van der Waals surface area contributed by atoms with Crippen LogP contribution < -0.4 is 11.1 Å². The molecule has 0 saturated carbocycles. The van der Waals surface area contributed by atoms with Crippen molar-refractivity contribution in [1.29, 1.82) is 0 Å². The molecule has 2 aromatic heterocycles. The summed E-state index contributed by atoms with van der Waals surface area (Å²) in [4.78, 5) is 24.5. The Balaban J connectivity index is 1.43. The minimum Gasteiger partial charge on any atom is -0.388 e. The summed E-state index contributed by atoms with van der Waals surface area (Å²) >= 11 is 8.36. The van der Waals surface area contributed by atoms with E-state index in [0.29, 0.717) is 16.2 Å². The van der Waals surface area contributed by atoms with Crippen molar-refractivity contribution < 1.29 is 19.7 Å². The van der Waals surface area contributed by atoms with Crippen molar-refractivity contribution in [1.82, 2.24) is 24.8 Å². The van der Waals surface area contributed by atoms with Gasteiger partial charge in [0.15, 0.2) is 17.7 Å². The fourth-order valence-corrected chi connectivity index (χ4v) is 4.06. The number of rotatable bonds is 5. The van der Waals surface area contributed by atoms with Gasteiger partial charge in [0.25, 0.3) is 0 Å². The zero-order valence-corrected chi connectivity index (χ0v) is 18.4. The number of carbonyl (C=O) groups excluding carboxylic acids is 1. The van der Waals surface area contributed by atoms with Crippen LogP contribution in [0.25, 0.3) is 11.2 Å². The molecule has 0 bridgehead atoms. The van der Waals surface area contributed by atoms with E-state index in [2.05, 4.69) is 42.9 Å². The van der Waals surface area contributed by atoms with Gasteiger partial charge >= 0.3 is 0 Å². The molecule has 30 heavy (non-hydrogen) atoms. The predicted octanol–water partition coefficient (Wildman–Crippen LogP) is 0.992. The molecule has 5 N–H and O–H groups in total. The summed E-state index contributed by atoms with van der Waals surface area (Å²) < 4.78 is 8.13. The number of aliphatic hydroxyl groups excluding tert-OH is 2. The second kappa shape index (κ2) is 8.59. The molecule has 158 valence electrons. The zero-order valence-electron chi connectivity index (χ0n) is 15.4. The number of nitrogens with two attached hydrogens (primary N) is 1. The molecule has 1 unspecified atom stereocenters. The minimum absolute atomic E-state index is 0.139. The van der Waals surface area contributed by atoms with Gasteiger partial charge in [0.05, 0.1) is 23.9 Å². The maximum absolute atomic E-state index is 12.4. The van der Waals surface area contributed by atoms with Crippen molar-refractivity contribution in [2.75, 3.05) is 5.73 Å². The number of carbonyl (C=O) groups is 1. The molecule has 4 atom stereocenters. The Hall–Kier alpha value is -2.06. The van der Waals surface area contributed by atoms with Crippen molar-refractivity contribution in [3.05, 3.63) is 45.0 Å². The number of fused-ring (bicyclic) bond motifs is 1. The van der Waals surface area contributed by atoms with Crippen LogP contribution in [0.15, 0.2) is 30.9 Å². The van der Waals surface area contributed by atoms with E-state index >= 15 is 0 Å². The quantitative estimate of drug-likeness (QED) is 0.348. The standard InChI is InChI=1S/C18H18ClIN6O4/c19-12-8(2-1-3-9(12)20)5-22-11(27)4-10-14(28)15(29)18(30-10)26-7-25-13-16(21)23-6-24-17(13)26/h1-3,6-7,10,14-15,18,28-29H,4-5H2,(H,22,27)(H2,21,23,24)/t10-,14-,15-,18?/m1/s1. The number of amides is 1. The number of ether oxygens (including phenoxy) is 1. The summed E-state index contributed by atoms with van der Waals surface area (Å²) in [6.07, 6.45) is -1.89. The van der Waals surface area contributed by atoms with Crippen LogP contribution in [0, 0.1) is 3.57 Å². The molecule has 4 rings (SSSR count). The van der Waals surface area contributed by atoms with E-state index in [9.17, 15) is 15.0 Å². The lowest BCUT2D eigenvalue weighted by atomic mass is 10.1. The number of aliphatic hydroxyl groups is 2. The second-order valence-corrected chi connectivity index (χ2v) is 8.36. The van der Waals surface area contributed by atoms with Crippen molar-refractivity contribution in [2.24, 2.45) is 0 Å². The first-order valence-electron chi connectivity index (χ1n) is 9.01. The largest absolute Gasteiger partial charge is 0.388 e. The van der Waals surface area contributed by atoms with Crippen LogP contribution in [0.5, 0.6) is 0 Å². The molecule has 1 aromatic carbocycles. The van der Waals surface area contributed by atoms with E-state index in [1.165, 1.54) is 17.2 Å². The second-order valence-electron chi connectivity index (χ2n) is 6.82. The molecule has 1 fully saturated rings. The Morgan fingerprint density at radius 3 is 2.90 bits per heavy atom. The van der Waals surface area contributed by atoms with Crippen LogP contribution in [0.1, 0.15) is 18.2 Å². The lowest BCUT2D eigenvalue weighted by Gasteiger charge is -2.16. The highest BCUT2D eigenvalue weighted by atomic mass is 127. The van der Waals surface area contributed by atoms with E-state index in [1.54, 1.807) is 0 Å². The minimum atomic E-state index is -1.28. The average molecular weight is 545 g/mol. The normalized spacial score (nSPS) is 23.7. The lowest BCUT2D eigenvalue weighted by Crippen LogP contribution is -2.35. The predicted molar refractivity (Wildman–Crippen MR) is 116 cm³/mol. The first-order chi connectivity index (χ1) is 14.4. The van der Waals surface area contributed by atoms with E-state index in [4.69, 9.17) is 22.1 Å². The van der Waals surface area contributed by atoms with Gasteiger partial charge in [-0.2, -0.15) is 0 Å². The maximum atomic E-state index is 12.4. The van der Waals surface area contributed by atoms with E-state index < -0.39 is 24.5 Å². The fraction of sp³-hybridized carbons (Fsp3) is 0.333. The molecule has 0 spiro atoms. The summed E-state index contributed by atoms with van der Waals surface area (Å²) in [5.74, 6) is -0.152. The van der Waals surface area contributed by atoms with Gasteiger partial charge < -0.3 is 26.0 Å². The monoisotopic (exact) mass is 544 g/mol. The van der Waals surface area contributed by atoms with Gasteiger partial charge in [-0.3, -0.25) is 9.36 Å². The van der Waals surface area contributed by atoms with E-state index in [-0.39, 0.29) is 24.7 Å². The smallest absolute Gasteiger partial charge is 0.222 e. The lowest BCUT2D eigenvalue weighted by molar-refractivity contribution is -0.125. The van der Waals surface area contributed by atoms with Crippen molar-refractivity contribution in [3.63, 3.8) is 0 Å². The number of benzene rings is 1. The molecular weight excluding hydrogens is 527 g/mol. The molecule has 0 aliphatic carbocycles. The Kier molecular flexibility index (Phi) is 6.06. The first-order valence-corrected chi connectivity index (χ1v) is 10.5. The van der Waals surface area contributed by atoms with Crippen LogP contribution in [-0.2, 0) is 16.1 Å². The molecule has 1 saturated heterocycles. The highest BCUT2D eigenvalue weighted by Crippen LogP contribution is 2.33. The molecule has 12 heteroatoms. The third-order valence-corrected chi connectivity index (χ3v) is 6.56. The number of nitrogens with one attached hydrogen (secondary N) is 1.